The number of aryl methyl sites for hydroxylation is 1. The van der Waals surface area contributed by atoms with Gasteiger partial charge in [-0.1, -0.05) is 19.9 Å². The summed E-state index contributed by atoms with van der Waals surface area (Å²) in [5, 5.41) is 0. The molecule has 4 atom stereocenters. The normalized spacial score (nSPS) is 28.9. The van der Waals surface area contributed by atoms with Crippen molar-refractivity contribution in [1.82, 2.24) is 0 Å². The third-order valence-corrected chi connectivity index (χ3v) is 8.07. The van der Waals surface area contributed by atoms with Crippen LogP contribution in [0.2, 0.25) is 0 Å². The summed E-state index contributed by atoms with van der Waals surface area (Å²) in [5.74, 6) is -0.766. The average Bonchev–Trinajstić information content (AvgIpc) is 3.31. The number of carbonyl (C=O) groups excluding carboxylic acids is 3. The summed E-state index contributed by atoms with van der Waals surface area (Å²) >= 11 is 0. The number of hydrogen-bond donors (Lipinski definition) is 0. The Hall–Kier alpha value is -2.57. The minimum atomic E-state index is -0.622. The molecular weight excluding hydrogens is 424 g/mol. The van der Waals surface area contributed by atoms with Gasteiger partial charge in [0, 0.05) is 12.3 Å². The highest BCUT2D eigenvalue weighted by atomic mass is 16.5. The molecule has 182 valence electrons. The molecule has 0 aliphatic heterocycles. The lowest BCUT2D eigenvalue weighted by molar-refractivity contribution is -0.157. The second-order valence-electron chi connectivity index (χ2n) is 9.79. The minimum Gasteiger partial charge on any atom is -0.472 e. The van der Waals surface area contributed by atoms with Gasteiger partial charge in [-0.2, -0.15) is 0 Å². The van der Waals surface area contributed by atoms with Crippen molar-refractivity contribution in [2.24, 2.45) is 22.7 Å². The Bertz CT molecular complexity index is 871. The van der Waals surface area contributed by atoms with E-state index in [1.54, 1.807) is 12.5 Å². The van der Waals surface area contributed by atoms with Gasteiger partial charge in [0.2, 0.25) is 0 Å². The van der Waals surface area contributed by atoms with Crippen molar-refractivity contribution >= 4 is 17.9 Å². The molecule has 0 aromatic carbocycles. The highest BCUT2D eigenvalue weighted by Gasteiger charge is 2.56. The molecule has 7 nitrogen and oxygen atoms in total. The van der Waals surface area contributed by atoms with Crippen LogP contribution in [-0.2, 0) is 35.0 Å². The summed E-state index contributed by atoms with van der Waals surface area (Å²) in [6, 6.07) is 2.01. The molecule has 0 N–H and O–H groups in total. The van der Waals surface area contributed by atoms with E-state index < -0.39 is 18.4 Å². The average molecular weight is 461 g/mol. The number of fused-ring (bicyclic) bond motifs is 1. The maximum atomic E-state index is 12.2. The minimum absolute atomic E-state index is 0.0191. The van der Waals surface area contributed by atoms with E-state index in [4.69, 9.17) is 13.9 Å². The molecule has 1 saturated carbocycles. The Morgan fingerprint density at radius 3 is 2.64 bits per heavy atom. The van der Waals surface area contributed by atoms with Crippen LogP contribution in [0.15, 0.2) is 34.7 Å². The Balaban J connectivity index is 1.85. The summed E-state index contributed by atoms with van der Waals surface area (Å²) in [6.45, 7) is 6.48. The maximum Gasteiger partial charge on any atom is 0.317 e. The molecule has 0 unspecified atom stereocenters. The SMILES string of the molecule is COC(=O)CC(=O)OCC1=CCC[C@H]2[C@@]1(COC(C)=O)CC[C@@H](C)[C@]2(C)CCc1ccoc1. The Morgan fingerprint density at radius 2 is 1.97 bits per heavy atom. The lowest BCUT2D eigenvalue weighted by Crippen LogP contribution is -2.54. The first kappa shape index (κ1) is 25.1. The number of esters is 3. The Kier molecular flexibility index (Phi) is 8.03. The molecular formula is C26H36O7. The van der Waals surface area contributed by atoms with Crippen LogP contribution in [0.25, 0.3) is 0 Å². The van der Waals surface area contributed by atoms with Gasteiger partial charge in [0.05, 0.1) is 19.6 Å². The van der Waals surface area contributed by atoms with Crippen LogP contribution in [0.1, 0.15) is 64.9 Å². The molecule has 7 heteroatoms. The molecule has 1 heterocycles. The van der Waals surface area contributed by atoms with Gasteiger partial charge >= 0.3 is 17.9 Å². The number of rotatable bonds is 9. The van der Waals surface area contributed by atoms with Crippen LogP contribution in [-0.4, -0.2) is 38.2 Å². The molecule has 1 aromatic rings. The second-order valence-corrected chi connectivity index (χ2v) is 9.79. The predicted octanol–water partition coefficient (Wildman–Crippen LogP) is 4.64. The maximum absolute atomic E-state index is 12.2. The van der Waals surface area contributed by atoms with E-state index >= 15 is 0 Å². The van der Waals surface area contributed by atoms with Gasteiger partial charge in [0.15, 0.2) is 0 Å². The van der Waals surface area contributed by atoms with E-state index in [9.17, 15) is 14.4 Å². The summed E-state index contributed by atoms with van der Waals surface area (Å²) in [7, 11) is 1.24. The predicted molar refractivity (Wildman–Crippen MR) is 121 cm³/mol. The molecule has 0 bridgehead atoms. The topological polar surface area (TPSA) is 92.0 Å². The van der Waals surface area contributed by atoms with Gasteiger partial charge in [0.1, 0.15) is 19.6 Å². The standard InChI is InChI=1S/C26H36O7/c1-18-8-12-26(17-33-19(2)27)21(16-32-24(29)14-23(28)30-4)6-5-7-22(26)25(18,3)11-9-20-10-13-31-15-20/h6,10,13,15,18,22H,5,7-9,11-12,14,16-17H2,1-4H3/t18-,22-,25+,26-/m1/s1. The largest absolute Gasteiger partial charge is 0.472 e. The zero-order chi connectivity index (χ0) is 24.1. The monoisotopic (exact) mass is 460 g/mol. The van der Waals surface area contributed by atoms with Crippen molar-refractivity contribution in [1.29, 1.82) is 0 Å². The third-order valence-electron chi connectivity index (χ3n) is 8.07. The zero-order valence-electron chi connectivity index (χ0n) is 20.2. The Labute approximate surface area is 195 Å². The van der Waals surface area contributed by atoms with Crippen LogP contribution in [0, 0.1) is 22.7 Å². The van der Waals surface area contributed by atoms with Gasteiger partial charge in [-0.05, 0) is 73.0 Å². The quantitative estimate of drug-likeness (QED) is 0.229. The number of furan rings is 1. The molecule has 0 amide bonds. The van der Waals surface area contributed by atoms with Crippen molar-refractivity contribution in [2.75, 3.05) is 20.3 Å². The van der Waals surface area contributed by atoms with Gasteiger partial charge < -0.3 is 18.6 Å². The van der Waals surface area contributed by atoms with Crippen molar-refractivity contribution < 1.29 is 33.0 Å². The molecule has 0 spiro atoms. The van der Waals surface area contributed by atoms with Crippen LogP contribution in [0.3, 0.4) is 0 Å². The van der Waals surface area contributed by atoms with Crippen molar-refractivity contribution in [2.45, 2.75) is 65.7 Å². The van der Waals surface area contributed by atoms with E-state index in [1.807, 2.05) is 6.07 Å². The number of methoxy groups -OCH3 is 1. The summed E-state index contributed by atoms with van der Waals surface area (Å²) in [5.41, 5.74) is 1.82. The first-order chi connectivity index (χ1) is 15.7. The lowest BCUT2D eigenvalue weighted by Gasteiger charge is -2.59. The summed E-state index contributed by atoms with van der Waals surface area (Å²) in [4.78, 5) is 35.4. The highest BCUT2D eigenvalue weighted by molar-refractivity contribution is 5.91. The fourth-order valence-electron chi connectivity index (χ4n) is 5.94. The zero-order valence-corrected chi connectivity index (χ0v) is 20.2. The van der Waals surface area contributed by atoms with Gasteiger partial charge in [-0.3, -0.25) is 14.4 Å². The van der Waals surface area contributed by atoms with Crippen LogP contribution >= 0.6 is 0 Å². The molecule has 2 aliphatic carbocycles. The second kappa shape index (κ2) is 10.6. The molecule has 0 radical (unpaired) electrons. The fraction of sp³-hybridized carbons (Fsp3) is 0.654. The number of hydrogen-bond acceptors (Lipinski definition) is 7. The molecule has 1 fully saturated rings. The summed E-state index contributed by atoms with van der Waals surface area (Å²) in [6.07, 6.45) is 10.9. The third kappa shape index (κ3) is 5.50. The fourth-order valence-corrected chi connectivity index (χ4v) is 5.94. The molecule has 3 rings (SSSR count). The van der Waals surface area contributed by atoms with Crippen LogP contribution in [0.5, 0.6) is 0 Å². The number of allylic oxidation sites excluding steroid dienone is 1. The highest BCUT2D eigenvalue weighted by Crippen LogP contribution is 2.62. The van der Waals surface area contributed by atoms with Gasteiger partial charge in [-0.15, -0.1) is 0 Å². The van der Waals surface area contributed by atoms with E-state index in [1.165, 1.54) is 19.6 Å². The first-order valence-electron chi connectivity index (χ1n) is 11.8. The molecule has 33 heavy (non-hydrogen) atoms. The van der Waals surface area contributed by atoms with E-state index in [2.05, 4.69) is 24.7 Å². The van der Waals surface area contributed by atoms with Crippen molar-refractivity contribution in [3.05, 3.63) is 35.8 Å². The van der Waals surface area contributed by atoms with E-state index in [-0.39, 0.29) is 35.9 Å². The van der Waals surface area contributed by atoms with Crippen molar-refractivity contribution in [3.8, 4) is 0 Å². The van der Waals surface area contributed by atoms with E-state index in [0.29, 0.717) is 5.92 Å². The van der Waals surface area contributed by atoms with Crippen LogP contribution < -0.4 is 0 Å². The number of ether oxygens (including phenoxy) is 3. The Morgan fingerprint density at radius 1 is 1.18 bits per heavy atom. The van der Waals surface area contributed by atoms with Crippen molar-refractivity contribution in [3.63, 3.8) is 0 Å². The van der Waals surface area contributed by atoms with Crippen LogP contribution in [0.4, 0.5) is 0 Å². The van der Waals surface area contributed by atoms with E-state index in [0.717, 1.165) is 44.1 Å². The first-order valence-corrected chi connectivity index (χ1v) is 11.8. The molecule has 0 saturated heterocycles. The lowest BCUT2D eigenvalue weighted by atomic mass is 9.46. The molecule has 2 aliphatic rings. The van der Waals surface area contributed by atoms with Gasteiger partial charge in [-0.25, -0.2) is 0 Å². The summed E-state index contributed by atoms with van der Waals surface area (Å²) < 4.78 is 20.9. The smallest absolute Gasteiger partial charge is 0.317 e. The number of carbonyl (C=O) groups is 3. The van der Waals surface area contributed by atoms with Gasteiger partial charge in [0.25, 0.3) is 0 Å². The molecule has 1 aromatic heterocycles.